The fourth-order valence-electron chi connectivity index (χ4n) is 3.26. The van der Waals surface area contributed by atoms with E-state index in [1.165, 1.54) is 14.2 Å². The van der Waals surface area contributed by atoms with Crippen LogP contribution in [-0.4, -0.2) is 26.2 Å². The van der Waals surface area contributed by atoms with Gasteiger partial charge < -0.3 is 14.2 Å². The van der Waals surface area contributed by atoms with Crippen LogP contribution in [0, 0.1) is 11.3 Å². The molecule has 1 fully saturated rings. The normalized spacial score (nSPS) is 20.9. The van der Waals surface area contributed by atoms with Crippen LogP contribution in [0.3, 0.4) is 0 Å². The van der Waals surface area contributed by atoms with Gasteiger partial charge >= 0.3 is 11.9 Å². The first-order valence-electron chi connectivity index (χ1n) is 8.51. The molecule has 2 aromatic rings. The number of methoxy groups -OCH3 is 2. The summed E-state index contributed by atoms with van der Waals surface area (Å²) in [5.74, 6) is -0.408. The summed E-state index contributed by atoms with van der Waals surface area (Å²) in [5, 5.41) is 0. The number of hydrogen-bond donors (Lipinski definition) is 0. The van der Waals surface area contributed by atoms with E-state index in [1.54, 1.807) is 0 Å². The van der Waals surface area contributed by atoms with Gasteiger partial charge in [-0.05, 0) is 36.1 Å². The molecule has 2 atom stereocenters. The van der Waals surface area contributed by atoms with E-state index in [0.717, 1.165) is 16.9 Å². The maximum absolute atomic E-state index is 12.2. The molecule has 0 spiro atoms. The average Bonchev–Trinajstić information content (AvgIpc) is 3.42. The van der Waals surface area contributed by atoms with Gasteiger partial charge in [0.1, 0.15) is 12.4 Å². The van der Waals surface area contributed by atoms with Crippen molar-refractivity contribution in [3.8, 4) is 5.75 Å². The van der Waals surface area contributed by atoms with E-state index in [0.29, 0.717) is 19.4 Å². The molecule has 0 saturated heterocycles. The van der Waals surface area contributed by atoms with Crippen LogP contribution >= 0.6 is 0 Å². The van der Waals surface area contributed by atoms with Crippen molar-refractivity contribution in [1.29, 1.82) is 0 Å². The number of hydrogen-bond acceptors (Lipinski definition) is 5. The van der Waals surface area contributed by atoms with Gasteiger partial charge in [-0.1, -0.05) is 42.5 Å². The Morgan fingerprint density at radius 3 is 2.27 bits per heavy atom. The van der Waals surface area contributed by atoms with Crippen LogP contribution < -0.4 is 4.74 Å². The minimum absolute atomic E-state index is 0.363. The second-order valence-electron chi connectivity index (χ2n) is 6.52. The van der Waals surface area contributed by atoms with Gasteiger partial charge in [0.25, 0.3) is 0 Å². The molecule has 0 aromatic heterocycles. The first-order valence-corrected chi connectivity index (χ1v) is 8.51. The summed E-state index contributed by atoms with van der Waals surface area (Å²) in [6, 6.07) is 17.5. The molecule has 5 nitrogen and oxygen atoms in total. The molecule has 1 aliphatic rings. The average molecular weight is 354 g/mol. The first kappa shape index (κ1) is 18.0. The fraction of sp³-hybridized carbons (Fsp3) is 0.333. The van der Waals surface area contributed by atoms with Crippen LogP contribution in [-0.2, 0) is 32.1 Å². The fourth-order valence-corrected chi connectivity index (χ4v) is 3.26. The van der Waals surface area contributed by atoms with Crippen LogP contribution in [0.15, 0.2) is 54.6 Å². The van der Waals surface area contributed by atoms with Gasteiger partial charge in [0.2, 0.25) is 0 Å². The molecular formula is C21H22O5. The number of carbonyl (C=O) groups is 2. The molecule has 0 aliphatic heterocycles. The highest BCUT2D eigenvalue weighted by atomic mass is 16.5. The van der Waals surface area contributed by atoms with Gasteiger partial charge in [0, 0.05) is 0 Å². The highest BCUT2D eigenvalue weighted by molar-refractivity contribution is 5.91. The molecule has 3 rings (SSSR count). The first-order chi connectivity index (χ1) is 12.6. The predicted molar refractivity (Wildman–Crippen MR) is 95.5 cm³/mol. The molecule has 0 bridgehead atoms. The third-order valence-corrected chi connectivity index (χ3v) is 4.84. The molecule has 0 N–H and O–H groups in total. The van der Waals surface area contributed by atoms with E-state index in [9.17, 15) is 9.59 Å². The van der Waals surface area contributed by atoms with Crippen molar-refractivity contribution < 1.29 is 23.8 Å². The monoisotopic (exact) mass is 354 g/mol. The Labute approximate surface area is 152 Å². The SMILES string of the molecule is COC(=O)[C@@H]1C[C@@]1(Cc1ccc(OCc2ccccc2)cc1)C(=O)OC. The third kappa shape index (κ3) is 3.72. The van der Waals surface area contributed by atoms with Crippen molar-refractivity contribution in [1.82, 2.24) is 0 Å². The van der Waals surface area contributed by atoms with Crippen molar-refractivity contribution in [2.75, 3.05) is 14.2 Å². The number of benzene rings is 2. The smallest absolute Gasteiger partial charge is 0.313 e. The molecular weight excluding hydrogens is 332 g/mol. The zero-order valence-electron chi connectivity index (χ0n) is 14.9. The van der Waals surface area contributed by atoms with Gasteiger partial charge in [-0.2, -0.15) is 0 Å². The zero-order chi connectivity index (χ0) is 18.6. The van der Waals surface area contributed by atoms with Crippen LogP contribution in [0.4, 0.5) is 0 Å². The van der Waals surface area contributed by atoms with E-state index in [1.807, 2.05) is 54.6 Å². The maximum atomic E-state index is 12.2. The quantitative estimate of drug-likeness (QED) is 0.715. The number of esters is 2. The molecule has 1 saturated carbocycles. The Hall–Kier alpha value is -2.82. The van der Waals surface area contributed by atoms with E-state index >= 15 is 0 Å². The number of ether oxygens (including phenoxy) is 3. The van der Waals surface area contributed by atoms with Crippen LogP contribution in [0.2, 0.25) is 0 Å². The molecule has 0 amide bonds. The maximum Gasteiger partial charge on any atom is 0.313 e. The summed E-state index contributed by atoms with van der Waals surface area (Å²) < 4.78 is 15.5. The summed E-state index contributed by atoms with van der Waals surface area (Å²) in [4.78, 5) is 24.0. The van der Waals surface area contributed by atoms with Gasteiger partial charge in [-0.15, -0.1) is 0 Å². The molecule has 0 unspecified atom stereocenters. The molecule has 5 heteroatoms. The molecule has 2 aromatic carbocycles. The van der Waals surface area contributed by atoms with Crippen molar-refractivity contribution in [3.63, 3.8) is 0 Å². The highest BCUT2D eigenvalue weighted by Gasteiger charge is 2.65. The summed E-state index contributed by atoms with van der Waals surface area (Å²) in [5.41, 5.74) is 1.24. The number of rotatable bonds is 7. The Kier molecular flexibility index (Phi) is 5.26. The molecule has 0 heterocycles. The van der Waals surface area contributed by atoms with E-state index < -0.39 is 11.3 Å². The van der Waals surface area contributed by atoms with Crippen molar-refractivity contribution in [2.24, 2.45) is 11.3 Å². The van der Waals surface area contributed by atoms with Gasteiger partial charge in [0.05, 0.1) is 25.6 Å². The van der Waals surface area contributed by atoms with Crippen LogP contribution in [0.5, 0.6) is 5.75 Å². The summed E-state index contributed by atoms with van der Waals surface area (Å²) in [7, 11) is 2.68. The lowest BCUT2D eigenvalue weighted by Crippen LogP contribution is -2.25. The second-order valence-corrected chi connectivity index (χ2v) is 6.52. The van der Waals surface area contributed by atoms with Crippen LogP contribution in [0.1, 0.15) is 17.5 Å². The third-order valence-electron chi connectivity index (χ3n) is 4.84. The van der Waals surface area contributed by atoms with Gasteiger partial charge in [0.15, 0.2) is 0 Å². The van der Waals surface area contributed by atoms with Crippen molar-refractivity contribution in [3.05, 3.63) is 65.7 Å². The van der Waals surface area contributed by atoms with Crippen LogP contribution in [0.25, 0.3) is 0 Å². The number of carbonyl (C=O) groups excluding carboxylic acids is 2. The van der Waals surface area contributed by atoms with E-state index in [2.05, 4.69) is 0 Å². The van der Waals surface area contributed by atoms with Gasteiger partial charge in [-0.25, -0.2) is 0 Å². The lowest BCUT2D eigenvalue weighted by Gasteiger charge is -2.15. The summed E-state index contributed by atoms with van der Waals surface area (Å²) in [6.45, 7) is 0.497. The largest absolute Gasteiger partial charge is 0.489 e. The molecule has 136 valence electrons. The lowest BCUT2D eigenvalue weighted by atomic mass is 9.94. The zero-order valence-corrected chi connectivity index (χ0v) is 14.9. The summed E-state index contributed by atoms with van der Waals surface area (Å²) in [6.07, 6.45) is 0.900. The topological polar surface area (TPSA) is 61.8 Å². The Balaban J connectivity index is 1.64. The lowest BCUT2D eigenvalue weighted by molar-refractivity contribution is -0.152. The van der Waals surface area contributed by atoms with Crippen molar-refractivity contribution >= 4 is 11.9 Å². The summed E-state index contributed by atoms with van der Waals surface area (Å²) >= 11 is 0. The van der Waals surface area contributed by atoms with Crippen molar-refractivity contribution in [2.45, 2.75) is 19.4 Å². The molecule has 1 aliphatic carbocycles. The minimum Gasteiger partial charge on any atom is -0.489 e. The predicted octanol–water partition coefficient (Wildman–Crippen LogP) is 3.16. The molecule has 0 radical (unpaired) electrons. The Bertz CT molecular complexity index is 769. The molecule has 26 heavy (non-hydrogen) atoms. The Morgan fingerprint density at radius 1 is 0.962 bits per heavy atom. The highest BCUT2D eigenvalue weighted by Crippen LogP contribution is 2.56. The van der Waals surface area contributed by atoms with E-state index in [4.69, 9.17) is 14.2 Å². The minimum atomic E-state index is -0.811. The Morgan fingerprint density at radius 2 is 1.65 bits per heavy atom. The van der Waals surface area contributed by atoms with Gasteiger partial charge in [-0.3, -0.25) is 9.59 Å². The van der Waals surface area contributed by atoms with E-state index in [-0.39, 0.29) is 11.9 Å². The standard InChI is InChI=1S/C21H22O5/c1-24-19(22)18-13-21(18,20(23)25-2)12-15-8-10-17(11-9-15)26-14-16-6-4-3-5-7-16/h3-11,18H,12-14H2,1-2H3/t18-,21+/m0/s1. The second kappa shape index (κ2) is 7.60.